The van der Waals surface area contributed by atoms with Crippen LogP contribution >= 0.6 is 0 Å². The van der Waals surface area contributed by atoms with Crippen LogP contribution < -0.4 is 4.74 Å². The molecule has 0 bridgehead atoms. The fourth-order valence-electron chi connectivity index (χ4n) is 3.64. The van der Waals surface area contributed by atoms with Crippen LogP contribution in [0.2, 0.25) is 0 Å². The summed E-state index contributed by atoms with van der Waals surface area (Å²) in [6.45, 7) is 10.1. The lowest BCUT2D eigenvalue weighted by atomic mass is 10.0. The van der Waals surface area contributed by atoms with E-state index in [1.54, 1.807) is 10.7 Å². The number of hydrogen-bond donors (Lipinski definition) is 0. The highest BCUT2D eigenvalue weighted by atomic mass is 19.4. The molecule has 4 rings (SSSR count). The predicted molar refractivity (Wildman–Crippen MR) is 111 cm³/mol. The lowest BCUT2D eigenvalue weighted by Gasteiger charge is -2.12. The maximum Gasteiger partial charge on any atom is 0.437 e. The molecular formula is C22H20F3N5O2. The zero-order chi connectivity index (χ0) is 22.7. The van der Waals surface area contributed by atoms with Gasteiger partial charge in [0.05, 0.1) is 17.5 Å². The van der Waals surface area contributed by atoms with Crippen LogP contribution in [-0.2, 0) is 25.7 Å². The highest BCUT2D eigenvalue weighted by Crippen LogP contribution is 2.38. The number of halogens is 3. The van der Waals surface area contributed by atoms with Gasteiger partial charge in [0.2, 0.25) is 6.54 Å². The first-order valence-corrected chi connectivity index (χ1v) is 10.2. The number of fused-ring (bicyclic) bond motifs is 2. The number of nitrogens with zero attached hydrogens (tertiary/aromatic N) is 5. The summed E-state index contributed by atoms with van der Waals surface area (Å²) in [7, 11) is 0. The van der Waals surface area contributed by atoms with E-state index in [-0.39, 0.29) is 11.0 Å². The minimum absolute atomic E-state index is 0.0556. The molecule has 0 aliphatic carbocycles. The van der Waals surface area contributed by atoms with Crippen LogP contribution in [0.25, 0.3) is 26.8 Å². The van der Waals surface area contributed by atoms with Gasteiger partial charge in [-0.1, -0.05) is 23.7 Å². The molecule has 0 N–H and O–H groups in total. The van der Waals surface area contributed by atoms with Gasteiger partial charge in [-0.15, -0.1) is 5.10 Å². The Morgan fingerprint density at radius 3 is 2.81 bits per heavy atom. The van der Waals surface area contributed by atoms with E-state index >= 15 is 0 Å². The third-order valence-corrected chi connectivity index (χ3v) is 5.08. The monoisotopic (exact) mass is 443 g/mol. The van der Waals surface area contributed by atoms with Crippen LogP contribution in [0, 0.1) is 6.57 Å². The summed E-state index contributed by atoms with van der Waals surface area (Å²) >= 11 is 0. The largest absolute Gasteiger partial charge is 0.493 e. The number of aryl methyl sites for hydroxylation is 2. The summed E-state index contributed by atoms with van der Waals surface area (Å²) in [6.07, 6.45) is -2.72. The first kappa shape index (κ1) is 21.6. The van der Waals surface area contributed by atoms with E-state index < -0.39 is 11.9 Å². The molecule has 0 amide bonds. The number of benzene rings is 2. The maximum atomic E-state index is 13.1. The van der Waals surface area contributed by atoms with E-state index in [4.69, 9.17) is 15.8 Å². The van der Waals surface area contributed by atoms with Crippen molar-refractivity contribution in [1.29, 1.82) is 0 Å². The van der Waals surface area contributed by atoms with Crippen molar-refractivity contribution in [3.63, 3.8) is 0 Å². The molecule has 0 spiro atoms. The molecule has 32 heavy (non-hydrogen) atoms. The average molecular weight is 443 g/mol. The molecule has 0 fully saturated rings. The van der Waals surface area contributed by atoms with Gasteiger partial charge in [-0.3, -0.25) is 0 Å². The second-order valence-electron chi connectivity index (χ2n) is 7.35. The summed E-state index contributed by atoms with van der Waals surface area (Å²) in [4.78, 5) is 3.37. The number of alkyl halides is 3. The molecule has 4 aromatic rings. The van der Waals surface area contributed by atoms with Crippen molar-refractivity contribution >= 4 is 22.0 Å². The smallest absolute Gasteiger partial charge is 0.437 e. The van der Waals surface area contributed by atoms with Crippen LogP contribution in [0.15, 0.2) is 34.9 Å². The van der Waals surface area contributed by atoms with Crippen LogP contribution in [0.5, 0.6) is 5.75 Å². The van der Waals surface area contributed by atoms with E-state index in [1.807, 2.05) is 25.1 Å². The fraction of sp³-hybridized carbons (Fsp3) is 0.364. The van der Waals surface area contributed by atoms with Crippen LogP contribution in [0.4, 0.5) is 13.2 Å². The van der Waals surface area contributed by atoms with Gasteiger partial charge >= 0.3 is 6.18 Å². The zero-order valence-electron chi connectivity index (χ0n) is 17.3. The normalized spacial score (nSPS) is 11.8. The topological polar surface area (TPSA) is 70.3 Å². The summed E-state index contributed by atoms with van der Waals surface area (Å²) in [5.41, 5.74) is 2.18. The highest BCUT2D eigenvalue weighted by Gasteiger charge is 2.37. The van der Waals surface area contributed by atoms with E-state index in [9.17, 15) is 13.2 Å². The molecule has 10 heteroatoms. The second-order valence-corrected chi connectivity index (χ2v) is 7.35. The average Bonchev–Trinajstić information content (AvgIpc) is 3.37. The van der Waals surface area contributed by atoms with E-state index in [0.29, 0.717) is 43.9 Å². The minimum Gasteiger partial charge on any atom is -0.493 e. The number of rotatable bonds is 8. The molecular weight excluding hydrogens is 423 g/mol. The Morgan fingerprint density at radius 1 is 1.22 bits per heavy atom. The molecule has 0 unspecified atom stereocenters. The SMILES string of the molecule is [C-]#[N+]Cc1ccc2c(c1)nnn2CCCOc1ccc2c(C(F)(F)F)noc2c1CCC. The third-order valence-electron chi connectivity index (χ3n) is 5.08. The lowest BCUT2D eigenvalue weighted by Crippen LogP contribution is -2.07. The van der Waals surface area contributed by atoms with E-state index in [2.05, 4.69) is 20.3 Å². The Morgan fingerprint density at radius 2 is 2.06 bits per heavy atom. The standard InChI is InChI=1S/C22H20F3N5O2/c1-3-5-15-19(9-7-16-20(15)32-28-21(16)22(23,24)25)31-11-4-10-30-18-8-6-14(13-26-2)12-17(18)27-29-30/h6-9,12H,3-5,10-11,13H2,1H3. The first-order valence-electron chi connectivity index (χ1n) is 10.2. The van der Waals surface area contributed by atoms with Crippen molar-refractivity contribution in [2.45, 2.75) is 45.5 Å². The van der Waals surface area contributed by atoms with Gasteiger partial charge in [-0.25, -0.2) is 11.3 Å². The van der Waals surface area contributed by atoms with Gasteiger partial charge in [-0.2, -0.15) is 13.2 Å². The van der Waals surface area contributed by atoms with E-state index in [1.165, 1.54) is 6.07 Å². The van der Waals surface area contributed by atoms with Gasteiger partial charge in [-0.05, 0) is 36.8 Å². The summed E-state index contributed by atoms with van der Waals surface area (Å²) in [5, 5.41) is 11.5. The van der Waals surface area contributed by atoms with Crippen molar-refractivity contribution in [3.8, 4) is 5.75 Å². The minimum atomic E-state index is -4.57. The summed E-state index contributed by atoms with van der Waals surface area (Å²) < 4.78 is 52.1. The number of hydrogen-bond acceptors (Lipinski definition) is 5. The van der Waals surface area contributed by atoms with Crippen LogP contribution in [0.1, 0.15) is 36.6 Å². The van der Waals surface area contributed by atoms with Crippen molar-refractivity contribution in [2.75, 3.05) is 6.61 Å². The molecule has 166 valence electrons. The third kappa shape index (κ3) is 4.23. The van der Waals surface area contributed by atoms with E-state index in [0.717, 1.165) is 23.0 Å². The highest BCUT2D eigenvalue weighted by molar-refractivity contribution is 5.85. The molecule has 0 atom stereocenters. The summed E-state index contributed by atoms with van der Waals surface area (Å²) in [6, 6.07) is 8.52. The van der Waals surface area contributed by atoms with Crippen molar-refractivity contribution in [1.82, 2.24) is 20.2 Å². The molecule has 0 saturated heterocycles. The van der Waals surface area contributed by atoms with Gasteiger partial charge in [0.25, 0.3) is 0 Å². The first-order chi connectivity index (χ1) is 15.4. The molecule has 0 aliphatic heterocycles. The van der Waals surface area contributed by atoms with Gasteiger partial charge in [0.1, 0.15) is 11.3 Å². The molecule has 7 nitrogen and oxygen atoms in total. The lowest BCUT2D eigenvalue weighted by molar-refractivity contribution is -0.141. The van der Waals surface area contributed by atoms with Crippen molar-refractivity contribution in [2.24, 2.45) is 0 Å². The summed E-state index contributed by atoms with van der Waals surface area (Å²) in [5.74, 6) is 0.497. The Kier molecular flexibility index (Phi) is 5.99. The molecule has 0 aliphatic rings. The van der Waals surface area contributed by atoms with Gasteiger partial charge in [0, 0.05) is 24.1 Å². The quantitative estimate of drug-likeness (QED) is 0.268. The number of ether oxygens (including phenoxy) is 1. The van der Waals surface area contributed by atoms with Crippen molar-refractivity contribution < 1.29 is 22.4 Å². The van der Waals surface area contributed by atoms with Crippen LogP contribution in [-0.4, -0.2) is 26.8 Å². The van der Waals surface area contributed by atoms with Gasteiger partial charge < -0.3 is 14.1 Å². The van der Waals surface area contributed by atoms with Crippen LogP contribution in [0.3, 0.4) is 0 Å². The Bertz CT molecular complexity index is 1290. The maximum absolute atomic E-state index is 13.1. The van der Waals surface area contributed by atoms with Gasteiger partial charge in [0.15, 0.2) is 11.3 Å². The Balaban J connectivity index is 1.46. The number of aromatic nitrogens is 4. The van der Waals surface area contributed by atoms with Crippen molar-refractivity contribution in [3.05, 3.63) is 58.6 Å². The zero-order valence-corrected chi connectivity index (χ0v) is 17.3. The molecule has 2 heterocycles. The molecule has 0 saturated carbocycles. The molecule has 0 radical (unpaired) electrons. The Hall–Kier alpha value is -3.61. The fourth-order valence-corrected chi connectivity index (χ4v) is 3.64. The Labute approximate surface area is 181 Å². The molecule has 2 aromatic carbocycles. The molecule has 2 aromatic heterocycles. The second kappa shape index (κ2) is 8.86. The predicted octanol–water partition coefficient (Wildman–Crippen LogP) is 5.43.